The predicted octanol–water partition coefficient (Wildman–Crippen LogP) is 2.53. The summed E-state index contributed by atoms with van der Waals surface area (Å²) in [5.41, 5.74) is -0.254. The third-order valence-electron chi connectivity index (χ3n) is 4.80. The van der Waals surface area contributed by atoms with Crippen molar-refractivity contribution in [1.82, 2.24) is 5.01 Å². The van der Waals surface area contributed by atoms with E-state index in [1.807, 2.05) is 20.8 Å². The van der Waals surface area contributed by atoms with Gasteiger partial charge in [0.05, 0.1) is 6.10 Å². The van der Waals surface area contributed by atoms with Gasteiger partial charge in [0.2, 0.25) is 5.91 Å². The smallest absolute Gasteiger partial charge is 0.247 e. The number of hydrazone groups is 1. The van der Waals surface area contributed by atoms with Crippen LogP contribution in [0, 0.1) is 11.8 Å². The Morgan fingerprint density at radius 1 is 1.52 bits per heavy atom. The van der Waals surface area contributed by atoms with E-state index in [4.69, 9.17) is 4.74 Å². The lowest BCUT2D eigenvalue weighted by molar-refractivity contribution is -0.178. The number of aliphatic hydroxyl groups is 1. The van der Waals surface area contributed by atoms with Crippen LogP contribution in [0.2, 0.25) is 0 Å². The molecule has 1 amide bonds. The van der Waals surface area contributed by atoms with E-state index in [1.165, 1.54) is 5.01 Å². The molecule has 2 aliphatic rings. The Kier molecular flexibility index (Phi) is 5.04. The van der Waals surface area contributed by atoms with Crippen molar-refractivity contribution in [3.05, 3.63) is 0 Å². The highest BCUT2D eigenvalue weighted by Crippen LogP contribution is 2.42. The molecule has 3 atom stereocenters. The molecule has 1 aliphatic heterocycles. The first-order valence-corrected chi connectivity index (χ1v) is 8.08. The highest BCUT2D eigenvalue weighted by Gasteiger charge is 2.50. The summed E-state index contributed by atoms with van der Waals surface area (Å²) in [6.07, 6.45) is 5.19. The van der Waals surface area contributed by atoms with Crippen molar-refractivity contribution in [1.29, 1.82) is 0 Å². The summed E-state index contributed by atoms with van der Waals surface area (Å²) in [6, 6.07) is 0. The maximum Gasteiger partial charge on any atom is 0.247 e. The maximum atomic E-state index is 12.4. The molecular formula is C16H28N2O3. The van der Waals surface area contributed by atoms with E-state index in [9.17, 15) is 9.90 Å². The number of amides is 1. The standard InChI is InChI=1S/C16H28N2O3/c1-5-13-10-16(20,18(17-13)15(19)11(2)3)12-7-6-8-14(9-12)21-4/h11-12,14,20H,5-10H2,1-4H3/t12?,14?,16-/m1/s1. The van der Waals surface area contributed by atoms with E-state index in [-0.39, 0.29) is 23.8 Å². The Morgan fingerprint density at radius 3 is 2.81 bits per heavy atom. The van der Waals surface area contributed by atoms with Gasteiger partial charge >= 0.3 is 0 Å². The summed E-state index contributed by atoms with van der Waals surface area (Å²) < 4.78 is 5.47. The van der Waals surface area contributed by atoms with Gasteiger partial charge in [0.15, 0.2) is 5.72 Å². The van der Waals surface area contributed by atoms with E-state index in [2.05, 4.69) is 5.10 Å². The molecule has 0 radical (unpaired) electrons. The van der Waals surface area contributed by atoms with Crippen molar-refractivity contribution >= 4 is 11.6 Å². The first kappa shape index (κ1) is 16.4. The van der Waals surface area contributed by atoms with Gasteiger partial charge in [0, 0.05) is 31.1 Å². The average Bonchev–Trinajstić information content (AvgIpc) is 2.84. The van der Waals surface area contributed by atoms with Gasteiger partial charge in [-0.3, -0.25) is 4.79 Å². The van der Waals surface area contributed by atoms with Gasteiger partial charge in [-0.1, -0.05) is 27.2 Å². The first-order valence-electron chi connectivity index (χ1n) is 8.08. The number of hydrogen-bond donors (Lipinski definition) is 1. The largest absolute Gasteiger partial charge is 0.381 e. The fourth-order valence-electron chi connectivity index (χ4n) is 3.42. The summed E-state index contributed by atoms with van der Waals surface area (Å²) in [6.45, 7) is 5.71. The molecule has 0 aromatic heterocycles. The van der Waals surface area contributed by atoms with E-state index in [0.29, 0.717) is 6.42 Å². The molecule has 2 rings (SSSR count). The normalized spacial score (nSPS) is 33.4. The van der Waals surface area contributed by atoms with Crippen LogP contribution in [0.3, 0.4) is 0 Å². The summed E-state index contributed by atoms with van der Waals surface area (Å²) >= 11 is 0. The van der Waals surface area contributed by atoms with Crippen LogP contribution in [0.5, 0.6) is 0 Å². The molecule has 1 saturated carbocycles. The van der Waals surface area contributed by atoms with Crippen molar-refractivity contribution in [2.24, 2.45) is 16.9 Å². The van der Waals surface area contributed by atoms with Crippen LogP contribution in [0.25, 0.3) is 0 Å². The number of methoxy groups -OCH3 is 1. The zero-order valence-corrected chi connectivity index (χ0v) is 13.6. The van der Waals surface area contributed by atoms with Gasteiger partial charge in [0.1, 0.15) is 0 Å². The molecule has 5 heteroatoms. The van der Waals surface area contributed by atoms with Gasteiger partial charge in [0.25, 0.3) is 0 Å². The Balaban J connectivity index is 2.23. The van der Waals surface area contributed by atoms with Gasteiger partial charge in [-0.15, -0.1) is 0 Å². The third-order valence-corrected chi connectivity index (χ3v) is 4.80. The lowest BCUT2D eigenvalue weighted by atomic mass is 9.78. The predicted molar refractivity (Wildman–Crippen MR) is 81.7 cm³/mol. The van der Waals surface area contributed by atoms with E-state index in [0.717, 1.165) is 37.8 Å². The fraction of sp³-hybridized carbons (Fsp3) is 0.875. The molecule has 0 bridgehead atoms. The molecule has 0 spiro atoms. The molecule has 1 fully saturated rings. The van der Waals surface area contributed by atoms with Crippen LogP contribution in [0.1, 0.15) is 59.3 Å². The zero-order chi connectivity index (χ0) is 15.6. The molecule has 1 N–H and O–H groups in total. The average molecular weight is 296 g/mol. The molecule has 1 heterocycles. The molecule has 2 unspecified atom stereocenters. The molecule has 0 saturated heterocycles. The minimum atomic E-state index is -1.16. The van der Waals surface area contributed by atoms with Crippen LogP contribution >= 0.6 is 0 Å². The molecule has 120 valence electrons. The quantitative estimate of drug-likeness (QED) is 0.867. The van der Waals surface area contributed by atoms with Crippen molar-refractivity contribution in [2.75, 3.05) is 7.11 Å². The SMILES string of the molecule is CCC1=NN(C(=O)C(C)C)[C@](O)(C2CCCC(OC)C2)C1. The summed E-state index contributed by atoms with van der Waals surface area (Å²) in [7, 11) is 1.72. The number of hydrogen-bond acceptors (Lipinski definition) is 4. The number of carbonyl (C=O) groups excluding carboxylic acids is 1. The van der Waals surface area contributed by atoms with Crippen molar-refractivity contribution in [2.45, 2.75) is 71.1 Å². The Morgan fingerprint density at radius 2 is 2.24 bits per heavy atom. The maximum absolute atomic E-state index is 12.4. The highest BCUT2D eigenvalue weighted by atomic mass is 16.5. The van der Waals surface area contributed by atoms with E-state index < -0.39 is 5.72 Å². The first-order chi connectivity index (χ1) is 9.92. The number of carbonyl (C=O) groups is 1. The van der Waals surface area contributed by atoms with Gasteiger partial charge in [-0.05, 0) is 25.7 Å². The summed E-state index contributed by atoms with van der Waals surface area (Å²) in [5, 5.41) is 17.0. The molecule has 21 heavy (non-hydrogen) atoms. The zero-order valence-electron chi connectivity index (χ0n) is 13.6. The van der Waals surface area contributed by atoms with Gasteiger partial charge < -0.3 is 9.84 Å². The van der Waals surface area contributed by atoms with Gasteiger partial charge in [-0.2, -0.15) is 5.10 Å². The second-order valence-corrected chi connectivity index (χ2v) is 6.60. The summed E-state index contributed by atoms with van der Waals surface area (Å²) in [4.78, 5) is 12.4. The Labute approximate surface area is 127 Å². The molecule has 0 aromatic rings. The fourth-order valence-corrected chi connectivity index (χ4v) is 3.42. The van der Waals surface area contributed by atoms with Crippen LogP contribution in [0.4, 0.5) is 0 Å². The lowest BCUT2D eigenvalue weighted by Crippen LogP contribution is -2.54. The van der Waals surface area contributed by atoms with Crippen LogP contribution in [-0.4, -0.2) is 40.7 Å². The summed E-state index contributed by atoms with van der Waals surface area (Å²) in [5.74, 6) is -0.231. The lowest BCUT2D eigenvalue weighted by Gasteiger charge is -2.42. The van der Waals surface area contributed by atoms with Crippen LogP contribution in [0.15, 0.2) is 5.10 Å². The minimum Gasteiger partial charge on any atom is -0.381 e. The molecular weight excluding hydrogens is 268 g/mol. The third kappa shape index (κ3) is 3.14. The second kappa shape index (κ2) is 6.44. The number of ether oxygens (including phenoxy) is 1. The number of nitrogens with zero attached hydrogens (tertiary/aromatic N) is 2. The van der Waals surface area contributed by atoms with Crippen molar-refractivity contribution < 1.29 is 14.6 Å². The van der Waals surface area contributed by atoms with Crippen molar-refractivity contribution in [3.63, 3.8) is 0 Å². The minimum absolute atomic E-state index is 0.0340. The van der Waals surface area contributed by atoms with Crippen LogP contribution in [-0.2, 0) is 9.53 Å². The topological polar surface area (TPSA) is 62.1 Å². The Hall–Kier alpha value is -0.940. The highest BCUT2D eigenvalue weighted by molar-refractivity contribution is 5.90. The van der Waals surface area contributed by atoms with Crippen molar-refractivity contribution in [3.8, 4) is 0 Å². The van der Waals surface area contributed by atoms with Crippen LogP contribution < -0.4 is 0 Å². The molecule has 0 aromatic carbocycles. The van der Waals surface area contributed by atoms with E-state index in [1.54, 1.807) is 7.11 Å². The molecule has 5 nitrogen and oxygen atoms in total. The number of rotatable bonds is 4. The second-order valence-electron chi connectivity index (χ2n) is 6.60. The molecule has 1 aliphatic carbocycles. The van der Waals surface area contributed by atoms with Gasteiger partial charge in [-0.25, -0.2) is 5.01 Å². The monoisotopic (exact) mass is 296 g/mol. The van der Waals surface area contributed by atoms with E-state index >= 15 is 0 Å². The Bertz CT molecular complexity index is 422.